The molecular formula is C11H20F3N. The van der Waals surface area contributed by atoms with Gasteiger partial charge in [0.15, 0.2) is 0 Å². The minimum Gasteiger partial charge on any atom is -0.316 e. The Morgan fingerprint density at radius 1 is 1.27 bits per heavy atom. The van der Waals surface area contributed by atoms with Crippen LogP contribution in [-0.2, 0) is 0 Å². The monoisotopic (exact) mass is 223 g/mol. The summed E-state index contributed by atoms with van der Waals surface area (Å²) in [4.78, 5) is 0. The molecule has 0 heterocycles. The molecule has 1 nitrogen and oxygen atoms in total. The summed E-state index contributed by atoms with van der Waals surface area (Å²) in [6, 6.07) is 0. The highest BCUT2D eigenvalue weighted by Crippen LogP contribution is 2.39. The Kier molecular flexibility index (Phi) is 4.90. The van der Waals surface area contributed by atoms with Gasteiger partial charge in [-0.25, -0.2) is 0 Å². The standard InChI is InChI=1S/C11H20F3N/c1-2-6-15-8-9-4-3-5-10(7-9)11(12,13)14/h9-10,15H,2-8H2,1H3. The van der Waals surface area contributed by atoms with Gasteiger partial charge in [-0.3, -0.25) is 0 Å². The van der Waals surface area contributed by atoms with Gasteiger partial charge in [-0.2, -0.15) is 13.2 Å². The maximum Gasteiger partial charge on any atom is 0.391 e. The van der Waals surface area contributed by atoms with Crippen molar-refractivity contribution in [3.63, 3.8) is 0 Å². The van der Waals surface area contributed by atoms with Crippen molar-refractivity contribution in [2.24, 2.45) is 11.8 Å². The largest absolute Gasteiger partial charge is 0.391 e. The average Bonchev–Trinajstić information content (AvgIpc) is 2.17. The molecule has 15 heavy (non-hydrogen) atoms. The average molecular weight is 223 g/mol. The molecule has 1 rings (SSSR count). The molecule has 1 saturated carbocycles. The fourth-order valence-corrected chi connectivity index (χ4v) is 2.26. The Bertz CT molecular complexity index is 179. The predicted octanol–water partition coefficient (Wildman–Crippen LogP) is 3.35. The molecule has 2 atom stereocenters. The van der Waals surface area contributed by atoms with Crippen molar-refractivity contribution < 1.29 is 13.2 Å². The lowest BCUT2D eigenvalue weighted by molar-refractivity contribution is -0.185. The lowest BCUT2D eigenvalue weighted by Crippen LogP contribution is -2.33. The van der Waals surface area contributed by atoms with E-state index in [1.807, 2.05) is 0 Å². The van der Waals surface area contributed by atoms with Crippen molar-refractivity contribution in [3.8, 4) is 0 Å². The Morgan fingerprint density at radius 3 is 2.60 bits per heavy atom. The zero-order valence-corrected chi connectivity index (χ0v) is 9.24. The molecule has 0 aliphatic heterocycles. The smallest absolute Gasteiger partial charge is 0.316 e. The van der Waals surface area contributed by atoms with Crippen LogP contribution >= 0.6 is 0 Å². The molecule has 1 N–H and O–H groups in total. The van der Waals surface area contributed by atoms with E-state index in [-0.39, 0.29) is 5.92 Å². The Balaban J connectivity index is 2.29. The van der Waals surface area contributed by atoms with Gasteiger partial charge in [0.2, 0.25) is 0 Å². The summed E-state index contributed by atoms with van der Waals surface area (Å²) in [6.07, 6.45) is -0.626. The van der Waals surface area contributed by atoms with Crippen LogP contribution in [0.2, 0.25) is 0 Å². The summed E-state index contributed by atoms with van der Waals surface area (Å²) >= 11 is 0. The SMILES string of the molecule is CCCNCC1CCCC(C(F)(F)F)C1. The normalized spacial score (nSPS) is 28.0. The van der Waals surface area contributed by atoms with Gasteiger partial charge in [-0.05, 0) is 44.7 Å². The molecule has 0 aromatic carbocycles. The van der Waals surface area contributed by atoms with E-state index in [9.17, 15) is 13.2 Å². The third kappa shape index (κ3) is 4.41. The molecule has 4 heteroatoms. The van der Waals surface area contributed by atoms with Crippen LogP contribution in [0.15, 0.2) is 0 Å². The minimum absolute atomic E-state index is 0.219. The molecule has 0 aromatic heterocycles. The van der Waals surface area contributed by atoms with E-state index in [1.54, 1.807) is 0 Å². The Hall–Kier alpha value is -0.250. The summed E-state index contributed by atoms with van der Waals surface area (Å²) in [7, 11) is 0. The number of nitrogens with one attached hydrogen (secondary N) is 1. The fourth-order valence-electron chi connectivity index (χ4n) is 2.26. The third-order valence-electron chi connectivity index (χ3n) is 3.11. The highest BCUT2D eigenvalue weighted by Gasteiger charge is 2.41. The molecule has 1 aliphatic rings. The molecule has 1 fully saturated rings. The molecule has 0 aromatic rings. The third-order valence-corrected chi connectivity index (χ3v) is 3.11. The first-order valence-electron chi connectivity index (χ1n) is 5.81. The van der Waals surface area contributed by atoms with Gasteiger partial charge >= 0.3 is 6.18 Å². The quantitative estimate of drug-likeness (QED) is 0.721. The molecule has 1 aliphatic carbocycles. The van der Waals surface area contributed by atoms with Gasteiger partial charge in [0.25, 0.3) is 0 Å². The Labute approximate surface area is 89.4 Å². The number of alkyl halides is 3. The van der Waals surface area contributed by atoms with Crippen LogP contribution in [0.4, 0.5) is 13.2 Å². The first-order valence-corrected chi connectivity index (χ1v) is 5.81. The van der Waals surface area contributed by atoms with Crippen molar-refractivity contribution in [2.75, 3.05) is 13.1 Å². The first kappa shape index (κ1) is 12.8. The second-order valence-corrected chi connectivity index (χ2v) is 4.48. The van der Waals surface area contributed by atoms with Gasteiger partial charge in [0.05, 0.1) is 5.92 Å². The number of hydrogen-bond acceptors (Lipinski definition) is 1. The van der Waals surface area contributed by atoms with Gasteiger partial charge < -0.3 is 5.32 Å². The van der Waals surface area contributed by atoms with Crippen LogP contribution in [0.1, 0.15) is 39.0 Å². The zero-order chi connectivity index (χ0) is 11.3. The summed E-state index contributed by atoms with van der Waals surface area (Å²) in [5.41, 5.74) is 0. The van der Waals surface area contributed by atoms with E-state index in [0.29, 0.717) is 12.8 Å². The van der Waals surface area contributed by atoms with Gasteiger partial charge in [-0.1, -0.05) is 13.3 Å². The lowest BCUT2D eigenvalue weighted by Gasteiger charge is -2.30. The van der Waals surface area contributed by atoms with E-state index in [0.717, 1.165) is 32.4 Å². The Morgan fingerprint density at radius 2 is 2.00 bits per heavy atom. The van der Waals surface area contributed by atoms with E-state index in [4.69, 9.17) is 0 Å². The molecule has 0 spiro atoms. The molecule has 0 radical (unpaired) electrons. The summed E-state index contributed by atoms with van der Waals surface area (Å²) in [6.45, 7) is 3.72. The maximum absolute atomic E-state index is 12.5. The molecule has 0 amide bonds. The lowest BCUT2D eigenvalue weighted by atomic mass is 9.81. The van der Waals surface area contributed by atoms with Crippen LogP contribution in [0.25, 0.3) is 0 Å². The fraction of sp³-hybridized carbons (Fsp3) is 1.00. The number of hydrogen-bond donors (Lipinski definition) is 1. The van der Waals surface area contributed by atoms with E-state index < -0.39 is 12.1 Å². The summed E-state index contributed by atoms with van der Waals surface area (Å²) < 4.78 is 37.4. The zero-order valence-electron chi connectivity index (χ0n) is 9.24. The summed E-state index contributed by atoms with van der Waals surface area (Å²) in [5.74, 6) is -0.836. The van der Waals surface area contributed by atoms with Crippen molar-refractivity contribution >= 4 is 0 Å². The highest BCUT2D eigenvalue weighted by molar-refractivity contribution is 4.78. The van der Waals surface area contributed by atoms with Crippen LogP contribution in [0, 0.1) is 11.8 Å². The topological polar surface area (TPSA) is 12.0 Å². The molecule has 90 valence electrons. The first-order chi connectivity index (χ1) is 7.04. The van der Waals surface area contributed by atoms with Gasteiger partial charge in [-0.15, -0.1) is 0 Å². The number of rotatable bonds is 4. The van der Waals surface area contributed by atoms with E-state index >= 15 is 0 Å². The van der Waals surface area contributed by atoms with E-state index in [2.05, 4.69) is 12.2 Å². The molecular weight excluding hydrogens is 203 g/mol. The highest BCUT2D eigenvalue weighted by atomic mass is 19.4. The van der Waals surface area contributed by atoms with Crippen molar-refractivity contribution in [1.82, 2.24) is 5.32 Å². The second-order valence-electron chi connectivity index (χ2n) is 4.48. The second kappa shape index (κ2) is 5.73. The van der Waals surface area contributed by atoms with Gasteiger partial charge in [0, 0.05) is 0 Å². The maximum atomic E-state index is 12.5. The van der Waals surface area contributed by atoms with Gasteiger partial charge in [0.1, 0.15) is 0 Å². The van der Waals surface area contributed by atoms with Crippen molar-refractivity contribution in [2.45, 2.75) is 45.2 Å². The van der Waals surface area contributed by atoms with Crippen molar-refractivity contribution in [3.05, 3.63) is 0 Å². The number of halogens is 3. The van der Waals surface area contributed by atoms with Crippen LogP contribution in [-0.4, -0.2) is 19.3 Å². The molecule has 0 saturated heterocycles. The van der Waals surface area contributed by atoms with Crippen LogP contribution in [0.5, 0.6) is 0 Å². The molecule has 2 unspecified atom stereocenters. The minimum atomic E-state index is -3.98. The summed E-state index contributed by atoms with van der Waals surface area (Å²) in [5, 5.41) is 3.21. The van der Waals surface area contributed by atoms with Crippen molar-refractivity contribution in [1.29, 1.82) is 0 Å². The van der Waals surface area contributed by atoms with E-state index in [1.165, 1.54) is 0 Å². The molecule has 0 bridgehead atoms. The van der Waals surface area contributed by atoms with Crippen LogP contribution in [0.3, 0.4) is 0 Å². The predicted molar refractivity (Wildman–Crippen MR) is 54.7 cm³/mol. The van der Waals surface area contributed by atoms with Crippen LogP contribution < -0.4 is 5.32 Å².